The minimum atomic E-state index is 0.720. The minimum Gasteiger partial charge on any atom is -0.494 e. The summed E-state index contributed by atoms with van der Waals surface area (Å²) in [6.07, 6.45) is 2.00. The molecule has 76 valence electrons. The highest BCUT2D eigenvalue weighted by Gasteiger charge is 1.95. The molecule has 0 unspecified atom stereocenters. The Morgan fingerprint density at radius 3 is 2.50 bits per heavy atom. The molecule has 1 rings (SSSR count). The van der Waals surface area contributed by atoms with Gasteiger partial charge in [0.2, 0.25) is 0 Å². The summed E-state index contributed by atoms with van der Waals surface area (Å²) in [5, 5.41) is 0. The van der Waals surface area contributed by atoms with Crippen LogP contribution in [0.2, 0.25) is 0 Å². The van der Waals surface area contributed by atoms with Crippen molar-refractivity contribution in [3.63, 3.8) is 0 Å². The zero-order valence-corrected chi connectivity index (χ0v) is 10.0. The first kappa shape index (κ1) is 11.3. The van der Waals surface area contributed by atoms with Gasteiger partial charge in [0.25, 0.3) is 0 Å². The van der Waals surface area contributed by atoms with Gasteiger partial charge in [0.05, 0.1) is 6.61 Å². The summed E-state index contributed by atoms with van der Waals surface area (Å²) in [7, 11) is 0. The third-order valence-corrected chi connectivity index (χ3v) is 2.32. The number of hydrogen-bond acceptors (Lipinski definition) is 1. The molecule has 14 heavy (non-hydrogen) atoms. The lowest BCUT2D eigenvalue weighted by atomic mass is 10.1. The summed E-state index contributed by atoms with van der Waals surface area (Å²) < 4.78 is 6.41. The Balaban J connectivity index is 2.50. The number of ether oxygens (including phenoxy) is 1. The van der Waals surface area contributed by atoms with Crippen LogP contribution < -0.4 is 4.74 Å². The molecule has 0 aliphatic heterocycles. The van der Waals surface area contributed by atoms with E-state index in [4.69, 9.17) is 4.74 Å². The van der Waals surface area contributed by atoms with Gasteiger partial charge in [-0.1, -0.05) is 34.6 Å². The molecule has 0 aromatic heterocycles. The standard InChI is InChI=1S/C12H15BrO/c1-3-14-12-8-6-11(7-9-12)5-4-10(2)13/h6-9H,2-5H2,1H3. The van der Waals surface area contributed by atoms with Gasteiger partial charge < -0.3 is 4.74 Å². The fourth-order valence-corrected chi connectivity index (χ4v) is 1.40. The van der Waals surface area contributed by atoms with Crippen molar-refractivity contribution in [2.45, 2.75) is 19.8 Å². The predicted octanol–water partition coefficient (Wildman–Crippen LogP) is 3.93. The van der Waals surface area contributed by atoms with Crippen LogP contribution in [-0.2, 0) is 6.42 Å². The highest BCUT2D eigenvalue weighted by molar-refractivity contribution is 9.11. The first-order chi connectivity index (χ1) is 6.72. The molecular weight excluding hydrogens is 240 g/mol. The lowest BCUT2D eigenvalue weighted by molar-refractivity contribution is 0.340. The normalized spacial score (nSPS) is 9.86. The molecule has 0 aliphatic rings. The summed E-state index contributed by atoms with van der Waals surface area (Å²) in [6.45, 7) is 6.52. The topological polar surface area (TPSA) is 9.23 Å². The number of rotatable bonds is 5. The lowest BCUT2D eigenvalue weighted by Gasteiger charge is -2.04. The van der Waals surface area contributed by atoms with E-state index in [0.717, 1.165) is 29.7 Å². The van der Waals surface area contributed by atoms with E-state index in [9.17, 15) is 0 Å². The second-order valence-corrected chi connectivity index (χ2v) is 4.22. The maximum absolute atomic E-state index is 5.36. The fraction of sp³-hybridized carbons (Fsp3) is 0.333. The molecular formula is C12H15BrO. The number of allylic oxidation sites excluding steroid dienone is 1. The van der Waals surface area contributed by atoms with Crippen molar-refractivity contribution >= 4 is 15.9 Å². The third kappa shape index (κ3) is 3.97. The molecule has 0 N–H and O–H groups in total. The summed E-state index contributed by atoms with van der Waals surface area (Å²) in [6, 6.07) is 8.22. The molecule has 0 amide bonds. The lowest BCUT2D eigenvalue weighted by Crippen LogP contribution is -1.91. The van der Waals surface area contributed by atoms with Crippen molar-refractivity contribution in [1.82, 2.24) is 0 Å². The largest absolute Gasteiger partial charge is 0.494 e. The van der Waals surface area contributed by atoms with Gasteiger partial charge in [-0.2, -0.15) is 0 Å². The van der Waals surface area contributed by atoms with Gasteiger partial charge in [-0.15, -0.1) is 0 Å². The van der Waals surface area contributed by atoms with Crippen molar-refractivity contribution < 1.29 is 4.74 Å². The minimum absolute atomic E-state index is 0.720. The van der Waals surface area contributed by atoms with Gasteiger partial charge >= 0.3 is 0 Å². The van der Waals surface area contributed by atoms with Crippen LogP contribution in [0.5, 0.6) is 5.75 Å². The molecule has 0 atom stereocenters. The molecule has 0 aliphatic carbocycles. The number of hydrogen-bond donors (Lipinski definition) is 0. The van der Waals surface area contributed by atoms with Crippen LogP contribution in [0.1, 0.15) is 18.9 Å². The summed E-state index contributed by atoms with van der Waals surface area (Å²) in [4.78, 5) is 0. The quantitative estimate of drug-likeness (QED) is 0.774. The Bertz CT molecular complexity index is 290. The molecule has 0 bridgehead atoms. The molecule has 0 heterocycles. The van der Waals surface area contributed by atoms with E-state index < -0.39 is 0 Å². The van der Waals surface area contributed by atoms with Crippen LogP contribution in [-0.4, -0.2) is 6.61 Å². The smallest absolute Gasteiger partial charge is 0.119 e. The molecule has 0 saturated carbocycles. The van der Waals surface area contributed by atoms with Crippen molar-refractivity contribution in [3.05, 3.63) is 40.9 Å². The van der Waals surface area contributed by atoms with Crippen molar-refractivity contribution in [2.75, 3.05) is 6.61 Å². The number of benzene rings is 1. The van der Waals surface area contributed by atoms with Crippen LogP contribution in [0.25, 0.3) is 0 Å². The van der Waals surface area contributed by atoms with Gasteiger partial charge in [0.1, 0.15) is 5.75 Å². The molecule has 2 heteroatoms. The van der Waals surface area contributed by atoms with E-state index in [1.807, 2.05) is 19.1 Å². The van der Waals surface area contributed by atoms with Gasteiger partial charge in [-0.05, 0) is 41.9 Å². The van der Waals surface area contributed by atoms with E-state index in [1.54, 1.807) is 0 Å². The molecule has 1 aromatic carbocycles. The van der Waals surface area contributed by atoms with Crippen molar-refractivity contribution in [2.24, 2.45) is 0 Å². The highest BCUT2D eigenvalue weighted by atomic mass is 79.9. The second-order valence-electron chi connectivity index (χ2n) is 3.09. The zero-order valence-electron chi connectivity index (χ0n) is 8.42. The Kier molecular flexibility index (Phi) is 4.74. The van der Waals surface area contributed by atoms with Crippen molar-refractivity contribution in [3.8, 4) is 5.75 Å². The Morgan fingerprint density at radius 2 is 2.00 bits per heavy atom. The molecule has 1 nitrogen and oxygen atoms in total. The summed E-state index contributed by atoms with van der Waals surface area (Å²) in [5.41, 5.74) is 1.31. The highest BCUT2D eigenvalue weighted by Crippen LogP contribution is 2.16. The summed E-state index contributed by atoms with van der Waals surface area (Å²) in [5.74, 6) is 0.939. The van der Waals surface area contributed by atoms with E-state index in [-0.39, 0.29) is 0 Å². The maximum Gasteiger partial charge on any atom is 0.119 e. The van der Waals surface area contributed by atoms with Gasteiger partial charge in [0, 0.05) is 0 Å². The summed E-state index contributed by atoms with van der Waals surface area (Å²) >= 11 is 3.35. The molecule has 0 fully saturated rings. The monoisotopic (exact) mass is 254 g/mol. The average Bonchev–Trinajstić information content (AvgIpc) is 2.17. The van der Waals surface area contributed by atoms with E-state index in [2.05, 4.69) is 34.6 Å². The van der Waals surface area contributed by atoms with Gasteiger partial charge in [0.15, 0.2) is 0 Å². The second kappa shape index (κ2) is 5.86. The van der Waals surface area contributed by atoms with Crippen molar-refractivity contribution in [1.29, 1.82) is 0 Å². The molecule has 0 saturated heterocycles. The van der Waals surface area contributed by atoms with Crippen LogP contribution >= 0.6 is 15.9 Å². The van der Waals surface area contributed by atoms with Crippen LogP contribution in [0.3, 0.4) is 0 Å². The van der Waals surface area contributed by atoms with Crippen LogP contribution in [0.4, 0.5) is 0 Å². The molecule has 0 spiro atoms. The van der Waals surface area contributed by atoms with Gasteiger partial charge in [-0.3, -0.25) is 0 Å². The zero-order chi connectivity index (χ0) is 10.4. The average molecular weight is 255 g/mol. The first-order valence-corrected chi connectivity index (χ1v) is 5.56. The van der Waals surface area contributed by atoms with Gasteiger partial charge in [-0.25, -0.2) is 0 Å². The van der Waals surface area contributed by atoms with Crippen LogP contribution in [0.15, 0.2) is 35.3 Å². The van der Waals surface area contributed by atoms with E-state index in [1.165, 1.54) is 5.56 Å². The SMILES string of the molecule is C=C(Br)CCc1ccc(OCC)cc1. The number of halogens is 1. The van der Waals surface area contributed by atoms with E-state index >= 15 is 0 Å². The third-order valence-electron chi connectivity index (χ3n) is 1.92. The number of aryl methyl sites for hydroxylation is 1. The Morgan fingerprint density at radius 1 is 1.36 bits per heavy atom. The first-order valence-electron chi connectivity index (χ1n) is 4.77. The van der Waals surface area contributed by atoms with E-state index in [0.29, 0.717) is 0 Å². The van der Waals surface area contributed by atoms with Crippen LogP contribution in [0, 0.1) is 0 Å². The maximum atomic E-state index is 5.36. The molecule has 0 radical (unpaired) electrons. The fourth-order valence-electron chi connectivity index (χ4n) is 1.20. The molecule has 1 aromatic rings. The predicted molar refractivity (Wildman–Crippen MR) is 64.0 cm³/mol. The Hall–Kier alpha value is -0.760. The Labute approximate surface area is 93.9 Å².